The van der Waals surface area contributed by atoms with Gasteiger partial charge in [-0.25, -0.2) is 0 Å². The zero-order chi connectivity index (χ0) is 34.7. The number of rotatable bonds is 27. The summed E-state index contributed by atoms with van der Waals surface area (Å²) in [4.78, 5) is 0. The van der Waals surface area contributed by atoms with E-state index >= 15 is 0 Å². The molecule has 0 aliphatic heterocycles. The highest BCUT2D eigenvalue weighted by Gasteiger charge is 2.53. The molecule has 1 unspecified atom stereocenters. The Morgan fingerprint density at radius 1 is 0.809 bits per heavy atom. The molecule has 280 valence electrons. The number of hydrogen-bond acceptors (Lipinski definition) is 6. The topological polar surface area (TPSA) is 91.8 Å². The van der Waals surface area contributed by atoms with Gasteiger partial charge in [0, 0.05) is 19.7 Å². The number of unbranched alkanes of at least 4 members (excludes halogenated alkanes) is 5. The van der Waals surface area contributed by atoms with Crippen LogP contribution in [-0.4, -0.2) is 64.3 Å². The summed E-state index contributed by atoms with van der Waals surface area (Å²) in [6, 6.07) is 0. The van der Waals surface area contributed by atoms with Crippen molar-refractivity contribution in [1.29, 1.82) is 0 Å². The fourth-order valence-corrected chi connectivity index (χ4v) is 9.65. The van der Waals surface area contributed by atoms with E-state index in [4.69, 9.17) is 25.7 Å². The average molecular weight is 666 g/mol. The Balaban J connectivity index is 2.10. The number of hydrogen-bond donors (Lipinski definition) is 3. The Hall–Kier alpha value is -0.240. The molecular formula is C41H83N3O3. The van der Waals surface area contributed by atoms with Crippen LogP contribution in [0.15, 0.2) is 0 Å². The lowest BCUT2D eigenvalue weighted by Crippen LogP contribution is -2.49. The van der Waals surface area contributed by atoms with Crippen LogP contribution in [0.5, 0.6) is 0 Å². The molecule has 0 aromatic heterocycles. The second kappa shape index (κ2) is 23.3. The molecule has 0 amide bonds. The van der Waals surface area contributed by atoms with Gasteiger partial charge >= 0.3 is 0 Å². The van der Waals surface area contributed by atoms with E-state index in [1.165, 1.54) is 77.2 Å². The van der Waals surface area contributed by atoms with Crippen LogP contribution in [0.3, 0.4) is 0 Å². The molecule has 0 radical (unpaired) electrons. The van der Waals surface area contributed by atoms with E-state index in [1.807, 2.05) is 0 Å². The Kier molecular flexibility index (Phi) is 21.3. The van der Waals surface area contributed by atoms with Gasteiger partial charge in [-0.3, -0.25) is 0 Å². The molecule has 10 atom stereocenters. The molecule has 47 heavy (non-hydrogen) atoms. The first-order valence-electron chi connectivity index (χ1n) is 20.5. The van der Waals surface area contributed by atoms with Crippen molar-refractivity contribution in [2.75, 3.05) is 46.0 Å². The third kappa shape index (κ3) is 13.4. The van der Waals surface area contributed by atoms with Crippen LogP contribution in [0.2, 0.25) is 0 Å². The van der Waals surface area contributed by atoms with Crippen LogP contribution >= 0.6 is 0 Å². The first kappa shape index (κ1) is 42.9. The number of ether oxygens (including phenoxy) is 3. The first-order valence-corrected chi connectivity index (χ1v) is 20.5. The Bertz CT molecular complexity index is 783. The van der Waals surface area contributed by atoms with E-state index in [1.54, 1.807) is 0 Å². The smallest absolute Gasteiger partial charge is 0.0637 e. The van der Waals surface area contributed by atoms with E-state index in [0.717, 1.165) is 45.3 Å². The van der Waals surface area contributed by atoms with Gasteiger partial charge in [0.1, 0.15) is 0 Å². The lowest BCUT2D eigenvalue weighted by molar-refractivity contribution is -0.114. The molecule has 5 N–H and O–H groups in total. The van der Waals surface area contributed by atoms with Gasteiger partial charge in [0.25, 0.3) is 0 Å². The highest BCUT2D eigenvalue weighted by molar-refractivity contribution is 5.02. The lowest BCUT2D eigenvalue weighted by Gasteiger charge is -2.52. The molecule has 6 heteroatoms. The summed E-state index contributed by atoms with van der Waals surface area (Å²) in [6.45, 7) is 25.2. The van der Waals surface area contributed by atoms with Gasteiger partial charge in [-0.1, -0.05) is 80.6 Å². The quantitative estimate of drug-likeness (QED) is 0.0758. The van der Waals surface area contributed by atoms with Gasteiger partial charge in [-0.2, -0.15) is 0 Å². The minimum Gasteiger partial charge on any atom is -0.379 e. The van der Waals surface area contributed by atoms with Crippen LogP contribution < -0.4 is 16.8 Å². The standard InChI is InChI=1S/C41H83N3O3/c1-9-11-12-13-14-15-24-44-25-16-17-32(3)38-19-18-33(4)41(38,8)39(47-28-23-43)29-34(5)40(7)21-20-37(46-27-22-42)31-36(40)30-35(6)45-26-10-2/h32-39,44H,9-31,42-43H2,1-8H3/t32-,33-,34-,35+,36?,37-,38-,39+,40-,41+/m1/s1. The molecule has 2 saturated carbocycles. The van der Waals surface area contributed by atoms with E-state index in [0.29, 0.717) is 62.0 Å². The van der Waals surface area contributed by atoms with Gasteiger partial charge < -0.3 is 31.0 Å². The first-order chi connectivity index (χ1) is 22.6. The van der Waals surface area contributed by atoms with Crippen LogP contribution in [0, 0.1) is 40.4 Å². The van der Waals surface area contributed by atoms with Crippen molar-refractivity contribution in [1.82, 2.24) is 5.32 Å². The molecule has 0 aromatic rings. The molecule has 0 aromatic carbocycles. The van der Waals surface area contributed by atoms with Crippen LogP contribution in [0.25, 0.3) is 0 Å². The van der Waals surface area contributed by atoms with Crippen LogP contribution in [0.4, 0.5) is 0 Å². The zero-order valence-electron chi connectivity index (χ0n) is 32.8. The number of nitrogens with two attached hydrogens (primary N) is 2. The van der Waals surface area contributed by atoms with Crippen molar-refractivity contribution in [3.63, 3.8) is 0 Å². The maximum absolute atomic E-state index is 6.88. The third-order valence-electron chi connectivity index (χ3n) is 13.2. The highest BCUT2D eigenvalue weighted by Crippen LogP contribution is 2.57. The van der Waals surface area contributed by atoms with Crippen LogP contribution in [-0.2, 0) is 14.2 Å². The largest absolute Gasteiger partial charge is 0.379 e. The maximum Gasteiger partial charge on any atom is 0.0637 e. The third-order valence-corrected chi connectivity index (χ3v) is 13.2. The second-order valence-corrected chi connectivity index (χ2v) is 16.5. The fraction of sp³-hybridized carbons (Fsp3) is 1.00. The normalized spacial score (nSPS) is 30.8. The minimum atomic E-state index is 0.166. The second-order valence-electron chi connectivity index (χ2n) is 16.5. The summed E-state index contributed by atoms with van der Waals surface area (Å²) in [5, 5.41) is 3.75. The van der Waals surface area contributed by atoms with E-state index in [-0.39, 0.29) is 23.0 Å². The van der Waals surface area contributed by atoms with E-state index in [9.17, 15) is 0 Å². The molecule has 0 heterocycles. The summed E-state index contributed by atoms with van der Waals surface area (Å²) in [6.07, 6.45) is 20.9. The van der Waals surface area contributed by atoms with Crippen molar-refractivity contribution < 1.29 is 14.2 Å². The molecule has 6 nitrogen and oxygen atoms in total. The van der Waals surface area contributed by atoms with Crippen molar-refractivity contribution in [3.8, 4) is 0 Å². The molecule has 0 saturated heterocycles. The van der Waals surface area contributed by atoms with Gasteiger partial charge in [0.2, 0.25) is 0 Å². The minimum absolute atomic E-state index is 0.166. The molecule has 0 bridgehead atoms. The number of nitrogens with one attached hydrogen (secondary N) is 1. The monoisotopic (exact) mass is 666 g/mol. The molecule has 2 aliphatic carbocycles. The van der Waals surface area contributed by atoms with E-state index in [2.05, 4.69) is 60.7 Å². The average Bonchev–Trinajstić information content (AvgIpc) is 3.37. The zero-order valence-corrected chi connectivity index (χ0v) is 32.8. The summed E-state index contributed by atoms with van der Waals surface area (Å²) < 4.78 is 19.4. The summed E-state index contributed by atoms with van der Waals surface area (Å²) in [5.74, 6) is 3.15. The molecule has 2 fully saturated rings. The summed E-state index contributed by atoms with van der Waals surface area (Å²) >= 11 is 0. The Labute approximate surface area is 293 Å². The van der Waals surface area contributed by atoms with Gasteiger partial charge in [-0.15, -0.1) is 0 Å². The van der Waals surface area contributed by atoms with Crippen molar-refractivity contribution >= 4 is 0 Å². The summed E-state index contributed by atoms with van der Waals surface area (Å²) in [7, 11) is 0. The van der Waals surface area contributed by atoms with Gasteiger partial charge in [0.05, 0.1) is 31.5 Å². The molecule has 2 aliphatic rings. The Morgan fingerprint density at radius 2 is 1.51 bits per heavy atom. The maximum atomic E-state index is 6.88. The van der Waals surface area contributed by atoms with Crippen molar-refractivity contribution in [2.24, 2.45) is 51.9 Å². The van der Waals surface area contributed by atoms with Gasteiger partial charge in [-0.05, 0) is 131 Å². The molecule has 0 spiro atoms. The summed E-state index contributed by atoms with van der Waals surface area (Å²) in [5.41, 5.74) is 12.3. The SMILES string of the molecule is CCCCCCCCNCCC[C@@H](C)[C@H]1CC[C@@H](C)[C@]1(C)[C@H](C[C@@H](C)[C@@]1(C)CC[C@@H](OCCN)CC1C[C@H](C)OCCC)OCCN. The van der Waals surface area contributed by atoms with Crippen molar-refractivity contribution in [2.45, 2.75) is 176 Å². The highest BCUT2D eigenvalue weighted by atomic mass is 16.5. The predicted octanol–water partition coefficient (Wildman–Crippen LogP) is 9.13. The molecule has 2 rings (SSSR count). The van der Waals surface area contributed by atoms with Crippen molar-refractivity contribution in [3.05, 3.63) is 0 Å². The lowest BCUT2D eigenvalue weighted by atomic mass is 9.56. The fourth-order valence-electron chi connectivity index (χ4n) is 9.65. The predicted molar refractivity (Wildman–Crippen MR) is 202 cm³/mol. The van der Waals surface area contributed by atoms with Gasteiger partial charge in [0.15, 0.2) is 0 Å². The van der Waals surface area contributed by atoms with E-state index < -0.39 is 0 Å². The Morgan fingerprint density at radius 3 is 2.21 bits per heavy atom. The molecular weight excluding hydrogens is 582 g/mol. The van der Waals surface area contributed by atoms with Crippen LogP contribution in [0.1, 0.15) is 158 Å².